The maximum absolute atomic E-state index is 10.7. The van der Waals surface area contributed by atoms with Crippen LogP contribution in [-0.2, 0) is 10.8 Å². The zero-order chi connectivity index (χ0) is 6.41. The zero-order valence-electron chi connectivity index (χ0n) is 5.64. The second-order valence-corrected chi connectivity index (χ2v) is 3.65. The van der Waals surface area contributed by atoms with Crippen LogP contribution < -0.4 is 0 Å². The van der Waals surface area contributed by atoms with Crippen LogP contribution in [-0.4, -0.2) is 15.7 Å². The van der Waals surface area contributed by atoms with Crippen molar-refractivity contribution in [3.8, 4) is 0 Å². The average molecular weight is 134 g/mol. The average Bonchev–Trinajstić information content (AvgIpc) is 1.83. The highest BCUT2D eigenvalue weighted by molar-refractivity contribution is 7.84. The first kappa shape index (κ1) is 8.15. The smallest absolute Gasteiger partial charge is 0.0234 e. The van der Waals surface area contributed by atoms with Crippen molar-refractivity contribution in [1.82, 2.24) is 0 Å². The summed E-state index contributed by atoms with van der Waals surface area (Å²) in [4.78, 5) is 0. The van der Waals surface area contributed by atoms with Crippen LogP contribution in [0.2, 0.25) is 0 Å². The van der Waals surface area contributed by atoms with E-state index in [4.69, 9.17) is 0 Å². The Morgan fingerprint density at radius 2 is 2.00 bits per heavy atom. The van der Waals surface area contributed by atoms with Crippen LogP contribution in [0.1, 0.15) is 26.7 Å². The molecule has 0 radical (unpaired) electrons. The Morgan fingerprint density at radius 1 is 1.38 bits per heavy atom. The summed E-state index contributed by atoms with van der Waals surface area (Å²) in [5.41, 5.74) is 0. The maximum Gasteiger partial charge on any atom is 0.0234 e. The second-order valence-electron chi connectivity index (χ2n) is 1.79. The van der Waals surface area contributed by atoms with Gasteiger partial charge in [0, 0.05) is 22.3 Å². The highest BCUT2D eigenvalue weighted by Gasteiger charge is 1.91. The summed E-state index contributed by atoms with van der Waals surface area (Å²) in [5.74, 6) is 1.72. The lowest BCUT2D eigenvalue weighted by atomic mass is 10.4. The van der Waals surface area contributed by atoms with Gasteiger partial charge in [0.2, 0.25) is 0 Å². The Kier molecular flexibility index (Phi) is 5.39. The molecule has 0 aromatic heterocycles. The van der Waals surface area contributed by atoms with Crippen molar-refractivity contribution in [3.05, 3.63) is 0 Å². The van der Waals surface area contributed by atoms with Crippen molar-refractivity contribution in [2.75, 3.05) is 11.5 Å². The molecule has 0 unspecified atom stereocenters. The molecule has 0 bridgehead atoms. The standard InChI is InChI=1S/C6H14OS/c1-3-5-6-8(7)4-2/h3-6H2,1-2H3/t8-/m1/s1. The highest BCUT2D eigenvalue weighted by Crippen LogP contribution is 1.90. The molecule has 0 fully saturated rings. The van der Waals surface area contributed by atoms with Crippen molar-refractivity contribution >= 4 is 10.8 Å². The minimum Gasteiger partial charge on any atom is -0.260 e. The molecule has 2 heteroatoms. The van der Waals surface area contributed by atoms with Crippen LogP contribution in [0.5, 0.6) is 0 Å². The van der Waals surface area contributed by atoms with Crippen molar-refractivity contribution in [3.63, 3.8) is 0 Å². The fourth-order valence-electron chi connectivity index (χ4n) is 0.450. The molecule has 0 rings (SSSR count). The van der Waals surface area contributed by atoms with Gasteiger partial charge in [-0.25, -0.2) is 0 Å². The zero-order valence-corrected chi connectivity index (χ0v) is 6.46. The van der Waals surface area contributed by atoms with E-state index in [0.717, 1.165) is 24.3 Å². The minimum atomic E-state index is -0.527. The molecule has 0 spiro atoms. The van der Waals surface area contributed by atoms with E-state index < -0.39 is 10.8 Å². The summed E-state index contributed by atoms with van der Waals surface area (Å²) in [6, 6.07) is 0. The topological polar surface area (TPSA) is 17.1 Å². The van der Waals surface area contributed by atoms with Crippen molar-refractivity contribution < 1.29 is 4.21 Å². The van der Waals surface area contributed by atoms with Gasteiger partial charge in [0.1, 0.15) is 0 Å². The van der Waals surface area contributed by atoms with Crippen LogP contribution in [0, 0.1) is 0 Å². The van der Waals surface area contributed by atoms with Gasteiger partial charge in [0.15, 0.2) is 0 Å². The van der Waals surface area contributed by atoms with E-state index in [0.29, 0.717) is 0 Å². The summed E-state index contributed by atoms with van der Waals surface area (Å²) in [6.45, 7) is 4.08. The predicted octanol–water partition coefficient (Wildman–Crippen LogP) is 1.56. The monoisotopic (exact) mass is 134 g/mol. The quantitative estimate of drug-likeness (QED) is 0.570. The molecular weight excluding hydrogens is 120 g/mol. The van der Waals surface area contributed by atoms with Gasteiger partial charge in [-0.3, -0.25) is 4.21 Å². The van der Waals surface area contributed by atoms with Gasteiger partial charge < -0.3 is 0 Å². The van der Waals surface area contributed by atoms with Crippen LogP contribution >= 0.6 is 0 Å². The molecule has 0 aliphatic rings. The van der Waals surface area contributed by atoms with Gasteiger partial charge in [-0.2, -0.15) is 0 Å². The second kappa shape index (κ2) is 5.29. The summed E-state index contributed by atoms with van der Waals surface area (Å²) >= 11 is 0. The Balaban J connectivity index is 2.99. The molecule has 1 nitrogen and oxygen atoms in total. The van der Waals surface area contributed by atoms with E-state index in [-0.39, 0.29) is 0 Å². The first-order valence-corrected chi connectivity index (χ1v) is 4.65. The van der Waals surface area contributed by atoms with E-state index in [1.807, 2.05) is 6.92 Å². The molecule has 0 aliphatic carbocycles. The Labute approximate surface area is 53.9 Å². The van der Waals surface area contributed by atoms with E-state index in [1.54, 1.807) is 0 Å². The third-order valence-corrected chi connectivity index (χ3v) is 2.44. The SMILES string of the molecule is CCCC[S@](=O)CC. The molecule has 50 valence electrons. The lowest BCUT2D eigenvalue weighted by Gasteiger charge is -1.92. The lowest BCUT2D eigenvalue weighted by Crippen LogP contribution is -1.97. The van der Waals surface area contributed by atoms with Gasteiger partial charge in [-0.1, -0.05) is 20.3 Å². The van der Waals surface area contributed by atoms with E-state index in [2.05, 4.69) is 6.92 Å². The maximum atomic E-state index is 10.7. The number of hydrogen-bond donors (Lipinski definition) is 0. The number of unbranched alkanes of at least 4 members (excludes halogenated alkanes) is 1. The molecule has 0 saturated heterocycles. The van der Waals surface area contributed by atoms with Crippen LogP contribution in [0.4, 0.5) is 0 Å². The highest BCUT2D eigenvalue weighted by atomic mass is 32.2. The van der Waals surface area contributed by atoms with Crippen LogP contribution in [0.15, 0.2) is 0 Å². The third-order valence-electron chi connectivity index (χ3n) is 1.05. The van der Waals surface area contributed by atoms with Gasteiger partial charge in [0.25, 0.3) is 0 Å². The fourth-order valence-corrected chi connectivity index (χ4v) is 1.35. The molecule has 0 aromatic carbocycles. The predicted molar refractivity (Wildman–Crippen MR) is 38.5 cm³/mol. The molecule has 0 aromatic rings. The summed E-state index contributed by atoms with van der Waals surface area (Å²) in [5, 5.41) is 0. The molecular formula is C6H14OS. The van der Waals surface area contributed by atoms with Gasteiger partial charge in [0.05, 0.1) is 0 Å². The molecule has 0 N–H and O–H groups in total. The minimum absolute atomic E-state index is 0.527. The van der Waals surface area contributed by atoms with E-state index >= 15 is 0 Å². The van der Waals surface area contributed by atoms with E-state index in [1.165, 1.54) is 0 Å². The van der Waals surface area contributed by atoms with Crippen molar-refractivity contribution in [2.45, 2.75) is 26.7 Å². The Bertz CT molecular complexity index is 70.9. The van der Waals surface area contributed by atoms with Crippen LogP contribution in [0.25, 0.3) is 0 Å². The Morgan fingerprint density at radius 3 is 2.38 bits per heavy atom. The molecule has 0 saturated carbocycles. The largest absolute Gasteiger partial charge is 0.260 e. The first-order valence-electron chi connectivity index (χ1n) is 3.16. The molecule has 0 amide bonds. The summed E-state index contributed by atoms with van der Waals surface area (Å²) in [6.07, 6.45) is 2.27. The molecule has 8 heavy (non-hydrogen) atoms. The van der Waals surface area contributed by atoms with Crippen molar-refractivity contribution in [2.24, 2.45) is 0 Å². The third kappa shape index (κ3) is 4.31. The molecule has 1 atom stereocenters. The van der Waals surface area contributed by atoms with Gasteiger partial charge in [-0.05, 0) is 6.42 Å². The van der Waals surface area contributed by atoms with Gasteiger partial charge >= 0.3 is 0 Å². The normalized spacial score (nSPS) is 13.8. The van der Waals surface area contributed by atoms with Crippen molar-refractivity contribution in [1.29, 1.82) is 0 Å². The lowest BCUT2D eigenvalue weighted by molar-refractivity contribution is 0.680. The van der Waals surface area contributed by atoms with Gasteiger partial charge in [-0.15, -0.1) is 0 Å². The van der Waals surface area contributed by atoms with Crippen LogP contribution in [0.3, 0.4) is 0 Å². The Hall–Kier alpha value is 0.150. The van der Waals surface area contributed by atoms with E-state index in [9.17, 15) is 4.21 Å². The number of hydrogen-bond acceptors (Lipinski definition) is 1. The molecule has 0 heterocycles. The number of rotatable bonds is 4. The summed E-state index contributed by atoms with van der Waals surface area (Å²) < 4.78 is 10.7. The molecule has 0 aliphatic heterocycles. The fraction of sp³-hybridized carbons (Fsp3) is 1.00. The summed E-state index contributed by atoms with van der Waals surface area (Å²) in [7, 11) is -0.527. The first-order chi connectivity index (χ1) is 3.81.